The number of carbonyl (C=O) groups is 3. The molecule has 0 atom stereocenters. The number of nitrogens with zero attached hydrogens (tertiary/aromatic N) is 3. The largest absolute Gasteiger partial charge is 0.331 e. The second-order valence-electron chi connectivity index (χ2n) is 7.35. The molecule has 2 aliphatic rings. The van der Waals surface area contributed by atoms with Gasteiger partial charge in [0.05, 0.1) is 5.56 Å². The van der Waals surface area contributed by atoms with E-state index in [1.165, 1.54) is 18.0 Å². The van der Waals surface area contributed by atoms with Crippen molar-refractivity contribution < 1.29 is 14.4 Å². The van der Waals surface area contributed by atoms with Crippen LogP contribution in [0, 0.1) is 25.2 Å². The van der Waals surface area contributed by atoms with Crippen LogP contribution in [0.15, 0.2) is 11.6 Å². The van der Waals surface area contributed by atoms with Crippen LogP contribution in [-0.4, -0.2) is 34.4 Å². The van der Waals surface area contributed by atoms with Crippen molar-refractivity contribution in [3.05, 3.63) is 44.6 Å². The van der Waals surface area contributed by atoms with E-state index in [4.69, 9.17) is 0 Å². The fourth-order valence-corrected chi connectivity index (χ4v) is 5.42. The Kier molecular flexibility index (Phi) is 4.63. The SMILES string of the molecule is Cc1cc(/C=C2/C(=O)NC(=O)N(C)C2=O)c(C)n1-c1sc2c(c1C#N)CCCC2. The van der Waals surface area contributed by atoms with E-state index in [1.54, 1.807) is 11.3 Å². The van der Waals surface area contributed by atoms with Crippen molar-refractivity contribution in [2.24, 2.45) is 0 Å². The summed E-state index contributed by atoms with van der Waals surface area (Å²) in [5.74, 6) is -1.33. The molecule has 0 bridgehead atoms. The monoisotopic (exact) mass is 408 g/mol. The van der Waals surface area contributed by atoms with Crippen molar-refractivity contribution in [2.75, 3.05) is 7.05 Å². The van der Waals surface area contributed by atoms with Gasteiger partial charge in [-0.05, 0) is 62.8 Å². The molecule has 0 spiro atoms. The number of amides is 4. The predicted molar refractivity (Wildman–Crippen MR) is 109 cm³/mol. The molecule has 148 valence electrons. The lowest BCUT2D eigenvalue weighted by molar-refractivity contribution is -0.129. The molecule has 2 aromatic heterocycles. The number of urea groups is 1. The number of carbonyl (C=O) groups excluding carboxylic acids is 3. The number of fused-ring (bicyclic) bond motifs is 1. The fraction of sp³-hybridized carbons (Fsp3) is 0.333. The lowest BCUT2D eigenvalue weighted by Crippen LogP contribution is -2.52. The van der Waals surface area contributed by atoms with Gasteiger partial charge in [0.15, 0.2) is 0 Å². The molecule has 7 nitrogen and oxygen atoms in total. The summed E-state index contributed by atoms with van der Waals surface area (Å²) in [6.07, 6.45) is 5.68. The summed E-state index contributed by atoms with van der Waals surface area (Å²) in [5.41, 5.74) is 4.26. The van der Waals surface area contributed by atoms with Gasteiger partial charge in [-0.3, -0.25) is 19.8 Å². The molecule has 1 aliphatic heterocycles. The molecule has 0 aromatic carbocycles. The van der Waals surface area contributed by atoms with Gasteiger partial charge in [-0.25, -0.2) is 4.79 Å². The van der Waals surface area contributed by atoms with Crippen LogP contribution >= 0.6 is 11.3 Å². The van der Waals surface area contributed by atoms with Crippen molar-refractivity contribution >= 4 is 35.3 Å². The summed E-state index contributed by atoms with van der Waals surface area (Å²) in [5, 5.41) is 12.9. The van der Waals surface area contributed by atoms with Crippen LogP contribution in [0.25, 0.3) is 11.1 Å². The molecule has 1 fully saturated rings. The number of aryl methyl sites for hydroxylation is 2. The Hall–Kier alpha value is -3.18. The molecule has 1 saturated heterocycles. The zero-order valence-corrected chi connectivity index (χ0v) is 17.3. The molecule has 2 aromatic rings. The molecule has 4 amide bonds. The molecule has 1 aliphatic carbocycles. The lowest BCUT2D eigenvalue weighted by atomic mass is 9.96. The summed E-state index contributed by atoms with van der Waals surface area (Å²) in [4.78, 5) is 38.3. The average Bonchev–Trinajstić information content (AvgIpc) is 3.19. The molecular formula is C21H20N4O3S. The van der Waals surface area contributed by atoms with Gasteiger partial charge in [-0.15, -0.1) is 11.3 Å². The number of aromatic nitrogens is 1. The molecule has 1 N–H and O–H groups in total. The molecule has 8 heteroatoms. The third kappa shape index (κ3) is 2.98. The number of barbiturate groups is 1. The van der Waals surface area contributed by atoms with Gasteiger partial charge < -0.3 is 4.57 Å². The summed E-state index contributed by atoms with van der Waals surface area (Å²) in [6, 6.07) is 3.54. The first kappa shape index (κ1) is 19.2. The first-order valence-corrected chi connectivity index (χ1v) is 10.2. The topological polar surface area (TPSA) is 95.2 Å². The highest BCUT2D eigenvalue weighted by atomic mass is 32.1. The van der Waals surface area contributed by atoms with Crippen LogP contribution in [0.3, 0.4) is 0 Å². The number of hydrogen-bond acceptors (Lipinski definition) is 5. The zero-order chi connectivity index (χ0) is 20.9. The van der Waals surface area contributed by atoms with E-state index in [0.29, 0.717) is 5.56 Å². The highest BCUT2D eigenvalue weighted by Gasteiger charge is 2.33. The Balaban J connectivity index is 1.82. The lowest BCUT2D eigenvalue weighted by Gasteiger charge is -2.22. The Morgan fingerprint density at radius 1 is 1.21 bits per heavy atom. The summed E-state index contributed by atoms with van der Waals surface area (Å²) < 4.78 is 2.02. The number of likely N-dealkylation sites (N-methyl/N-ethyl adjacent to an activating group) is 1. The van der Waals surface area contributed by atoms with Gasteiger partial charge in [0.2, 0.25) is 0 Å². The molecule has 29 heavy (non-hydrogen) atoms. The Morgan fingerprint density at radius 2 is 1.93 bits per heavy atom. The quantitative estimate of drug-likeness (QED) is 0.610. The van der Waals surface area contributed by atoms with E-state index in [1.807, 2.05) is 24.5 Å². The van der Waals surface area contributed by atoms with E-state index in [-0.39, 0.29) is 5.57 Å². The predicted octanol–water partition coefficient (Wildman–Crippen LogP) is 3.00. The molecule has 0 saturated carbocycles. The fourth-order valence-electron chi connectivity index (χ4n) is 3.97. The number of hydrogen-bond donors (Lipinski definition) is 1. The number of rotatable bonds is 2. The second-order valence-corrected chi connectivity index (χ2v) is 8.43. The van der Waals surface area contributed by atoms with Gasteiger partial charge in [0, 0.05) is 23.3 Å². The van der Waals surface area contributed by atoms with Crippen LogP contribution in [0.4, 0.5) is 4.79 Å². The highest BCUT2D eigenvalue weighted by Crippen LogP contribution is 2.38. The van der Waals surface area contributed by atoms with Crippen LogP contribution in [0.1, 0.15) is 45.8 Å². The third-order valence-corrected chi connectivity index (χ3v) is 6.82. The van der Waals surface area contributed by atoms with Gasteiger partial charge in [0.25, 0.3) is 11.8 Å². The molecule has 0 radical (unpaired) electrons. The third-order valence-electron chi connectivity index (χ3n) is 5.54. The number of thiophene rings is 1. The smallest absolute Gasteiger partial charge is 0.308 e. The van der Waals surface area contributed by atoms with Crippen LogP contribution in [0.5, 0.6) is 0 Å². The van der Waals surface area contributed by atoms with Crippen molar-refractivity contribution in [1.29, 1.82) is 5.26 Å². The van der Waals surface area contributed by atoms with Crippen molar-refractivity contribution in [2.45, 2.75) is 39.5 Å². The van der Waals surface area contributed by atoms with Gasteiger partial charge in [-0.1, -0.05) is 0 Å². The minimum absolute atomic E-state index is 0.0849. The minimum atomic E-state index is -0.731. The van der Waals surface area contributed by atoms with Crippen molar-refractivity contribution in [1.82, 2.24) is 14.8 Å². The summed E-state index contributed by atoms with van der Waals surface area (Å²) in [6.45, 7) is 3.84. The second kappa shape index (κ2) is 7.01. The highest BCUT2D eigenvalue weighted by molar-refractivity contribution is 7.15. The van der Waals surface area contributed by atoms with Gasteiger partial charge in [0.1, 0.15) is 16.6 Å². The summed E-state index contributed by atoms with van der Waals surface area (Å²) >= 11 is 1.65. The van der Waals surface area contributed by atoms with E-state index in [9.17, 15) is 19.6 Å². The van der Waals surface area contributed by atoms with Crippen LogP contribution < -0.4 is 5.32 Å². The van der Waals surface area contributed by atoms with E-state index >= 15 is 0 Å². The standard InChI is InChI=1S/C21H20N4O3S/c1-11-8-13(9-15-18(26)23-21(28)24(3)19(15)27)12(2)25(11)20-16(10-22)14-6-4-5-7-17(14)29-20/h8-9H,4-7H2,1-3H3,(H,23,26,28)/b15-9-. The molecular weight excluding hydrogens is 388 g/mol. The number of nitriles is 1. The zero-order valence-electron chi connectivity index (χ0n) is 16.5. The normalized spacial score (nSPS) is 18.1. The Morgan fingerprint density at radius 3 is 2.66 bits per heavy atom. The number of imide groups is 2. The Bertz CT molecular complexity index is 1150. The molecule has 4 rings (SSSR count). The Labute approximate surface area is 172 Å². The average molecular weight is 408 g/mol. The maximum Gasteiger partial charge on any atom is 0.331 e. The van der Waals surface area contributed by atoms with Crippen molar-refractivity contribution in [3.8, 4) is 11.1 Å². The molecule has 3 heterocycles. The minimum Gasteiger partial charge on any atom is -0.308 e. The maximum atomic E-state index is 12.4. The van der Waals surface area contributed by atoms with E-state index in [0.717, 1.165) is 58.1 Å². The first-order valence-electron chi connectivity index (χ1n) is 9.42. The maximum absolute atomic E-state index is 12.4. The van der Waals surface area contributed by atoms with Gasteiger partial charge in [-0.2, -0.15) is 5.26 Å². The van der Waals surface area contributed by atoms with Gasteiger partial charge >= 0.3 is 6.03 Å². The van der Waals surface area contributed by atoms with Crippen molar-refractivity contribution in [3.63, 3.8) is 0 Å². The number of nitrogens with one attached hydrogen (secondary N) is 1. The first-order chi connectivity index (χ1) is 13.8. The summed E-state index contributed by atoms with van der Waals surface area (Å²) in [7, 11) is 1.33. The van der Waals surface area contributed by atoms with Crippen LogP contribution in [0.2, 0.25) is 0 Å². The van der Waals surface area contributed by atoms with Crippen LogP contribution in [-0.2, 0) is 22.4 Å². The van der Waals surface area contributed by atoms with E-state index in [2.05, 4.69) is 11.4 Å². The molecule has 0 unspecified atom stereocenters. The van der Waals surface area contributed by atoms with E-state index < -0.39 is 17.8 Å².